The molecule has 0 radical (unpaired) electrons. The van der Waals surface area contributed by atoms with Crippen molar-refractivity contribution in [1.82, 2.24) is 14.6 Å². The molecular weight excluding hydrogens is 304 g/mol. The summed E-state index contributed by atoms with van der Waals surface area (Å²) in [7, 11) is 0. The second-order valence-corrected chi connectivity index (χ2v) is 6.33. The maximum absolute atomic E-state index is 9.69. The van der Waals surface area contributed by atoms with Gasteiger partial charge in [0, 0.05) is 11.6 Å². The average molecular weight is 324 g/mol. The van der Waals surface area contributed by atoms with E-state index >= 15 is 0 Å². The Balaban J connectivity index is 1.63. The van der Waals surface area contributed by atoms with Gasteiger partial charge in [-0.15, -0.1) is 5.10 Å². The zero-order valence-corrected chi connectivity index (χ0v) is 13.3. The number of aliphatic hydroxyl groups is 1. The largest absolute Gasteiger partial charge is 0.508 e. The summed E-state index contributed by atoms with van der Waals surface area (Å²) in [6.45, 7) is 0. The Hall–Kier alpha value is -2.60. The van der Waals surface area contributed by atoms with Crippen LogP contribution in [0.4, 0.5) is 5.82 Å². The summed E-state index contributed by atoms with van der Waals surface area (Å²) in [6, 6.07) is 11.3. The van der Waals surface area contributed by atoms with Crippen molar-refractivity contribution in [3.05, 3.63) is 42.6 Å². The van der Waals surface area contributed by atoms with Crippen molar-refractivity contribution in [2.45, 2.75) is 37.8 Å². The van der Waals surface area contributed by atoms with E-state index in [-0.39, 0.29) is 11.9 Å². The summed E-state index contributed by atoms with van der Waals surface area (Å²) in [5.41, 5.74) is 2.47. The van der Waals surface area contributed by atoms with Crippen LogP contribution in [0.15, 0.2) is 42.6 Å². The van der Waals surface area contributed by atoms with Crippen LogP contribution in [-0.2, 0) is 0 Å². The number of nitrogens with one attached hydrogen (secondary N) is 1. The zero-order chi connectivity index (χ0) is 16.5. The van der Waals surface area contributed by atoms with E-state index in [4.69, 9.17) is 0 Å². The van der Waals surface area contributed by atoms with Crippen molar-refractivity contribution in [3.63, 3.8) is 0 Å². The van der Waals surface area contributed by atoms with Gasteiger partial charge in [-0.3, -0.25) is 0 Å². The molecule has 3 aromatic rings. The number of hydrogen-bond acceptors (Lipinski definition) is 5. The second-order valence-electron chi connectivity index (χ2n) is 6.33. The molecule has 0 aliphatic heterocycles. The number of aromatic nitrogens is 3. The molecule has 24 heavy (non-hydrogen) atoms. The minimum atomic E-state index is -0.163. The topological polar surface area (TPSA) is 82.7 Å². The minimum absolute atomic E-state index is 0.163. The van der Waals surface area contributed by atoms with Crippen molar-refractivity contribution in [1.29, 1.82) is 0 Å². The van der Waals surface area contributed by atoms with E-state index in [2.05, 4.69) is 15.4 Å². The van der Waals surface area contributed by atoms with Crippen molar-refractivity contribution >= 4 is 11.5 Å². The highest BCUT2D eigenvalue weighted by Gasteiger charge is 2.19. The molecule has 1 aromatic carbocycles. The third kappa shape index (κ3) is 2.92. The first kappa shape index (κ1) is 15.0. The van der Waals surface area contributed by atoms with Gasteiger partial charge in [0.15, 0.2) is 5.65 Å². The lowest BCUT2D eigenvalue weighted by Crippen LogP contribution is -2.28. The lowest BCUT2D eigenvalue weighted by atomic mass is 9.93. The molecule has 3 N–H and O–H groups in total. The first-order valence-electron chi connectivity index (χ1n) is 8.28. The molecule has 0 spiro atoms. The Morgan fingerprint density at radius 1 is 1.08 bits per heavy atom. The van der Waals surface area contributed by atoms with Crippen LogP contribution in [0.25, 0.3) is 16.9 Å². The molecule has 1 aliphatic rings. The first-order chi connectivity index (χ1) is 11.7. The Bertz CT molecular complexity index is 853. The minimum Gasteiger partial charge on any atom is -0.508 e. The lowest BCUT2D eigenvalue weighted by Gasteiger charge is -2.26. The van der Waals surface area contributed by atoms with Crippen LogP contribution in [0.3, 0.4) is 0 Å². The second kappa shape index (κ2) is 6.13. The molecule has 0 amide bonds. The highest BCUT2D eigenvalue weighted by atomic mass is 16.3. The number of hydrogen-bond donors (Lipinski definition) is 3. The predicted octanol–water partition coefficient (Wildman–Crippen LogP) is 2.82. The molecule has 1 aliphatic carbocycles. The summed E-state index contributed by atoms with van der Waals surface area (Å²) >= 11 is 0. The van der Waals surface area contributed by atoms with Gasteiger partial charge in [-0.05, 0) is 49.9 Å². The van der Waals surface area contributed by atoms with E-state index in [0.29, 0.717) is 6.04 Å². The summed E-state index contributed by atoms with van der Waals surface area (Å²) < 4.78 is 1.79. The number of imidazole rings is 1. The predicted molar refractivity (Wildman–Crippen MR) is 92.0 cm³/mol. The molecule has 6 heteroatoms. The molecule has 124 valence electrons. The third-order valence-corrected chi connectivity index (χ3v) is 4.55. The fourth-order valence-electron chi connectivity index (χ4n) is 3.24. The molecule has 1 saturated carbocycles. The number of fused-ring (bicyclic) bond motifs is 1. The molecule has 0 bridgehead atoms. The molecule has 2 heterocycles. The normalized spacial score (nSPS) is 21.0. The van der Waals surface area contributed by atoms with Crippen LogP contribution < -0.4 is 5.32 Å². The van der Waals surface area contributed by atoms with E-state index < -0.39 is 0 Å². The highest BCUT2D eigenvalue weighted by molar-refractivity contribution is 5.65. The van der Waals surface area contributed by atoms with Gasteiger partial charge in [0.1, 0.15) is 11.6 Å². The summed E-state index contributed by atoms with van der Waals surface area (Å²) in [5.74, 6) is 1.01. The molecule has 0 unspecified atom stereocenters. The summed E-state index contributed by atoms with van der Waals surface area (Å²) in [6.07, 6.45) is 5.16. The van der Waals surface area contributed by atoms with Gasteiger partial charge < -0.3 is 15.5 Å². The van der Waals surface area contributed by atoms with Crippen LogP contribution in [0.2, 0.25) is 0 Å². The van der Waals surface area contributed by atoms with Crippen LogP contribution in [0.1, 0.15) is 25.7 Å². The van der Waals surface area contributed by atoms with Gasteiger partial charge in [0.05, 0.1) is 18.0 Å². The fraction of sp³-hybridized carbons (Fsp3) is 0.333. The molecule has 0 saturated heterocycles. The van der Waals surface area contributed by atoms with Crippen LogP contribution >= 0.6 is 0 Å². The van der Waals surface area contributed by atoms with Crippen molar-refractivity contribution in [2.24, 2.45) is 0 Å². The van der Waals surface area contributed by atoms with Crippen molar-refractivity contribution < 1.29 is 10.2 Å². The number of aliphatic hydroxyl groups excluding tert-OH is 1. The van der Waals surface area contributed by atoms with Gasteiger partial charge in [0.2, 0.25) is 0 Å². The summed E-state index contributed by atoms with van der Waals surface area (Å²) in [4.78, 5) is 4.38. The molecule has 6 nitrogen and oxygen atoms in total. The van der Waals surface area contributed by atoms with Crippen molar-refractivity contribution in [3.8, 4) is 17.0 Å². The zero-order valence-electron chi connectivity index (χ0n) is 13.3. The number of aromatic hydroxyl groups is 1. The number of phenolic OH excluding ortho intramolecular Hbond substituents is 1. The van der Waals surface area contributed by atoms with Crippen LogP contribution in [0, 0.1) is 0 Å². The number of rotatable bonds is 3. The van der Waals surface area contributed by atoms with E-state index in [9.17, 15) is 10.2 Å². The monoisotopic (exact) mass is 324 g/mol. The maximum atomic E-state index is 9.69. The van der Waals surface area contributed by atoms with Gasteiger partial charge in [-0.1, -0.05) is 12.1 Å². The maximum Gasteiger partial charge on any atom is 0.154 e. The number of phenols is 1. The smallest absolute Gasteiger partial charge is 0.154 e. The van der Waals surface area contributed by atoms with Gasteiger partial charge in [0.25, 0.3) is 0 Å². The number of benzene rings is 1. The Morgan fingerprint density at radius 2 is 1.92 bits per heavy atom. The van der Waals surface area contributed by atoms with Gasteiger partial charge in [-0.25, -0.2) is 9.50 Å². The molecule has 0 atom stereocenters. The Kier molecular flexibility index (Phi) is 3.82. The average Bonchev–Trinajstić information content (AvgIpc) is 3.00. The van der Waals surface area contributed by atoms with E-state index in [1.165, 1.54) is 0 Å². The summed E-state index contributed by atoms with van der Waals surface area (Å²) in [5, 5.41) is 27.4. The van der Waals surface area contributed by atoms with E-state index in [1.54, 1.807) is 28.9 Å². The third-order valence-electron chi connectivity index (χ3n) is 4.55. The van der Waals surface area contributed by atoms with Crippen LogP contribution in [-0.4, -0.2) is 37.0 Å². The van der Waals surface area contributed by atoms with E-state index in [1.807, 2.05) is 18.2 Å². The van der Waals surface area contributed by atoms with Crippen LogP contribution in [0.5, 0.6) is 5.75 Å². The Morgan fingerprint density at radius 3 is 2.71 bits per heavy atom. The fourth-order valence-corrected chi connectivity index (χ4v) is 3.24. The standard InChI is InChI=1S/C18H20N4O2/c23-14-6-4-13(5-7-14)20-17-8-9-18-19-11-16(22(18)21-17)12-2-1-3-15(24)10-12/h1-3,8-11,13-14,23-24H,4-7H2,(H,20,21). The molecule has 2 aromatic heterocycles. The van der Waals surface area contributed by atoms with E-state index in [0.717, 1.165) is 48.4 Å². The number of nitrogens with zero attached hydrogens (tertiary/aromatic N) is 3. The molecule has 4 rings (SSSR count). The number of anilines is 1. The molecule has 1 fully saturated rings. The highest BCUT2D eigenvalue weighted by Crippen LogP contribution is 2.25. The van der Waals surface area contributed by atoms with Crippen molar-refractivity contribution in [2.75, 3.05) is 5.32 Å². The van der Waals surface area contributed by atoms with Gasteiger partial charge in [-0.2, -0.15) is 0 Å². The lowest BCUT2D eigenvalue weighted by molar-refractivity contribution is 0.126. The quantitative estimate of drug-likeness (QED) is 0.690. The van der Waals surface area contributed by atoms with Gasteiger partial charge >= 0.3 is 0 Å². The first-order valence-corrected chi connectivity index (χ1v) is 8.28. The SMILES string of the molecule is Oc1cccc(-c2cnc3ccc(NC4CCC(O)CC4)nn23)c1. The molecular formula is C18H20N4O2. The Labute approximate surface area is 139 Å².